The molecule has 7 heteroatoms. The molecule has 2 atom stereocenters. The van der Waals surface area contributed by atoms with Gasteiger partial charge in [-0.15, -0.1) is 0 Å². The zero-order valence-electron chi connectivity index (χ0n) is 18.0. The summed E-state index contributed by atoms with van der Waals surface area (Å²) in [6.45, 7) is 0.415. The molecule has 1 aliphatic heterocycles. The van der Waals surface area contributed by atoms with Crippen LogP contribution in [-0.4, -0.2) is 27.3 Å². The minimum atomic E-state index is -0.651. The van der Waals surface area contributed by atoms with Crippen LogP contribution in [0.2, 0.25) is 0 Å². The summed E-state index contributed by atoms with van der Waals surface area (Å²) in [5, 5.41) is 0. The van der Waals surface area contributed by atoms with E-state index < -0.39 is 18.0 Å². The highest BCUT2D eigenvalue weighted by molar-refractivity contribution is 9.10. The van der Waals surface area contributed by atoms with Crippen LogP contribution in [-0.2, 0) is 16.1 Å². The molecule has 3 aromatic rings. The molecule has 32 heavy (non-hydrogen) atoms. The molecule has 0 unspecified atom stereocenters. The number of rotatable bonds is 7. The van der Waals surface area contributed by atoms with Gasteiger partial charge in [-0.25, -0.2) is 0 Å². The van der Waals surface area contributed by atoms with Crippen molar-refractivity contribution in [3.05, 3.63) is 81.8 Å². The van der Waals surface area contributed by atoms with Crippen molar-refractivity contribution in [2.24, 2.45) is 0 Å². The van der Waals surface area contributed by atoms with Crippen LogP contribution in [0.25, 0.3) is 0 Å². The Balaban J connectivity index is 1.66. The number of methoxy groups -OCH3 is 3. The Morgan fingerprint density at radius 2 is 1.69 bits per heavy atom. The molecule has 3 aromatic carbocycles. The van der Waals surface area contributed by atoms with Gasteiger partial charge in [0, 0.05) is 10.0 Å². The minimum absolute atomic E-state index is 0.391. The number of benzene rings is 3. The van der Waals surface area contributed by atoms with Gasteiger partial charge in [-0.1, -0.05) is 52.3 Å². The van der Waals surface area contributed by atoms with Crippen molar-refractivity contribution < 1.29 is 28.5 Å². The quantitative estimate of drug-likeness (QED) is 0.404. The van der Waals surface area contributed by atoms with E-state index in [9.17, 15) is 4.79 Å². The fraction of sp³-hybridized carbons (Fsp3) is 0.240. The van der Waals surface area contributed by atoms with Crippen LogP contribution in [0.5, 0.6) is 23.0 Å². The first-order valence-corrected chi connectivity index (χ1v) is 10.8. The number of hydrogen-bond acceptors (Lipinski definition) is 6. The third kappa shape index (κ3) is 4.25. The molecule has 1 aliphatic rings. The molecule has 0 radical (unpaired) electrons. The fourth-order valence-electron chi connectivity index (χ4n) is 3.81. The van der Waals surface area contributed by atoms with E-state index in [4.69, 9.17) is 23.7 Å². The highest BCUT2D eigenvalue weighted by Gasteiger charge is 2.43. The van der Waals surface area contributed by atoms with Crippen molar-refractivity contribution >= 4 is 21.9 Å². The van der Waals surface area contributed by atoms with Gasteiger partial charge in [0.25, 0.3) is 0 Å². The van der Waals surface area contributed by atoms with Gasteiger partial charge in [-0.2, -0.15) is 0 Å². The van der Waals surface area contributed by atoms with Crippen LogP contribution in [0.1, 0.15) is 28.7 Å². The Labute approximate surface area is 195 Å². The van der Waals surface area contributed by atoms with Crippen LogP contribution in [0.15, 0.2) is 65.1 Å². The van der Waals surface area contributed by atoms with E-state index in [1.807, 2.05) is 54.6 Å². The second-order valence-electron chi connectivity index (χ2n) is 7.25. The molecule has 0 amide bonds. The maximum atomic E-state index is 12.7. The standard InChI is InChI=1S/C25H23BrO6/c1-28-20-11-16(9-10-19(20)31-14-15-7-5-4-6-8-15)23-22(25(27)30-3)18-12-17(26)13-21(29-2)24(18)32-23/h4-13,22-23H,14H2,1-3H3/t22-,23+/m1/s1. The Bertz CT molecular complexity index is 1110. The van der Waals surface area contributed by atoms with Crippen LogP contribution in [0.3, 0.4) is 0 Å². The number of halogens is 1. The summed E-state index contributed by atoms with van der Waals surface area (Å²) in [5.74, 6) is 1.18. The topological polar surface area (TPSA) is 63.2 Å². The van der Waals surface area contributed by atoms with Crippen molar-refractivity contribution in [1.82, 2.24) is 0 Å². The van der Waals surface area contributed by atoms with Gasteiger partial charge in [0.1, 0.15) is 18.6 Å². The largest absolute Gasteiger partial charge is 0.493 e. The molecule has 0 saturated carbocycles. The molecular weight excluding hydrogens is 476 g/mol. The first kappa shape index (κ1) is 22.0. The predicted octanol–water partition coefficient (Wildman–Crippen LogP) is 5.44. The smallest absolute Gasteiger partial charge is 0.317 e. The average Bonchev–Trinajstić information content (AvgIpc) is 3.21. The second-order valence-corrected chi connectivity index (χ2v) is 8.17. The zero-order chi connectivity index (χ0) is 22.7. The maximum absolute atomic E-state index is 12.7. The van der Waals surface area contributed by atoms with E-state index in [0.717, 1.165) is 15.6 Å². The molecule has 0 fully saturated rings. The lowest BCUT2D eigenvalue weighted by atomic mass is 9.91. The zero-order valence-corrected chi connectivity index (χ0v) is 19.5. The SMILES string of the molecule is COC(=O)[C@@H]1c2cc(Br)cc(OC)c2O[C@H]1c1ccc(OCc2ccccc2)c(OC)c1. The number of esters is 1. The van der Waals surface area contributed by atoms with E-state index in [1.54, 1.807) is 20.3 Å². The number of ether oxygens (including phenoxy) is 5. The first-order chi connectivity index (χ1) is 15.5. The van der Waals surface area contributed by atoms with Gasteiger partial charge in [0.05, 0.1) is 21.3 Å². The van der Waals surface area contributed by atoms with Gasteiger partial charge < -0.3 is 23.7 Å². The van der Waals surface area contributed by atoms with Crippen LogP contribution in [0.4, 0.5) is 0 Å². The summed E-state index contributed by atoms with van der Waals surface area (Å²) < 4.78 is 29.1. The molecule has 166 valence electrons. The van der Waals surface area contributed by atoms with Gasteiger partial charge in [-0.05, 0) is 35.4 Å². The Morgan fingerprint density at radius 1 is 0.938 bits per heavy atom. The number of carbonyl (C=O) groups excluding carboxylic acids is 1. The fourth-order valence-corrected chi connectivity index (χ4v) is 4.26. The summed E-state index contributed by atoms with van der Waals surface area (Å²) in [4.78, 5) is 12.7. The lowest BCUT2D eigenvalue weighted by Gasteiger charge is -2.19. The molecule has 0 aromatic heterocycles. The Kier molecular flexibility index (Phi) is 6.55. The van der Waals surface area contributed by atoms with Gasteiger partial charge >= 0.3 is 5.97 Å². The first-order valence-electron chi connectivity index (χ1n) is 10.0. The number of fused-ring (bicyclic) bond motifs is 1. The molecule has 0 N–H and O–H groups in total. The van der Waals surface area contributed by atoms with Crippen LogP contribution >= 0.6 is 15.9 Å². The normalized spacial score (nSPS) is 16.6. The Hall–Kier alpha value is -3.19. The third-order valence-corrected chi connectivity index (χ3v) is 5.82. The number of carbonyl (C=O) groups is 1. The summed E-state index contributed by atoms with van der Waals surface area (Å²) >= 11 is 3.48. The van der Waals surface area contributed by atoms with E-state index >= 15 is 0 Å². The summed E-state index contributed by atoms with van der Waals surface area (Å²) in [6.07, 6.45) is -0.599. The Morgan fingerprint density at radius 3 is 2.38 bits per heavy atom. The molecule has 6 nitrogen and oxygen atoms in total. The minimum Gasteiger partial charge on any atom is -0.493 e. The van der Waals surface area contributed by atoms with Crippen molar-refractivity contribution in [3.8, 4) is 23.0 Å². The van der Waals surface area contributed by atoms with Gasteiger partial charge in [-0.3, -0.25) is 4.79 Å². The molecule has 1 heterocycles. The lowest BCUT2D eigenvalue weighted by Crippen LogP contribution is -2.20. The highest BCUT2D eigenvalue weighted by atomic mass is 79.9. The van der Waals surface area contributed by atoms with E-state index in [2.05, 4.69) is 15.9 Å². The van der Waals surface area contributed by atoms with Gasteiger partial charge in [0.2, 0.25) is 0 Å². The van der Waals surface area contributed by atoms with E-state index in [-0.39, 0.29) is 0 Å². The van der Waals surface area contributed by atoms with Crippen molar-refractivity contribution in [2.45, 2.75) is 18.6 Å². The van der Waals surface area contributed by atoms with E-state index in [1.165, 1.54) is 7.11 Å². The van der Waals surface area contributed by atoms with Crippen molar-refractivity contribution in [3.63, 3.8) is 0 Å². The van der Waals surface area contributed by atoms with Crippen molar-refractivity contribution in [1.29, 1.82) is 0 Å². The molecule has 4 rings (SSSR count). The van der Waals surface area contributed by atoms with Crippen LogP contribution in [0, 0.1) is 0 Å². The van der Waals surface area contributed by atoms with Crippen molar-refractivity contribution in [2.75, 3.05) is 21.3 Å². The average molecular weight is 499 g/mol. The third-order valence-electron chi connectivity index (χ3n) is 5.36. The lowest BCUT2D eigenvalue weighted by molar-refractivity contribution is -0.144. The summed E-state index contributed by atoms with van der Waals surface area (Å²) in [7, 11) is 4.51. The molecule has 0 bridgehead atoms. The van der Waals surface area contributed by atoms with Crippen LogP contribution < -0.4 is 18.9 Å². The predicted molar refractivity (Wildman–Crippen MR) is 123 cm³/mol. The molecule has 0 saturated heterocycles. The second kappa shape index (κ2) is 9.53. The molecular formula is C25H23BrO6. The summed E-state index contributed by atoms with van der Waals surface area (Å²) in [5.41, 5.74) is 2.52. The van der Waals surface area contributed by atoms with Gasteiger partial charge in [0.15, 0.2) is 23.0 Å². The summed E-state index contributed by atoms with van der Waals surface area (Å²) in [6, 6.07) is 19.1. The maximum Gasteiger partial charge on any atom is 0.317 e. The van der Waals surface area contributed by atoms with E-state index in [0.29, 0.717) is 35.2 Å². The molecule has 0 spiro atoms. The number of hydrogen-bond donors (Lipinski definition) is 0. The monoisotopic (exact) mass is 498 g/mol. The molecule has 0 aliphatic carbocycles. The highest BCUT2D eigenvalue weighted by Crippen LogP contribution is 2.52.